The SMILES string of the molecule is CS(=O)(=O)c1cccnc1Nc1cccc(CN)c1. The van der Waals surface area contributed by atoms with Crippen LogP contribution in [0.4, 0.5) is 11.5 Å². The number of aromatic nitrogens is 1. The van der Waals surface area contributed by atoms with E-state index in [0.29, 0.717) is 12.4 Å². The number of hydrogen-bond donors (Lipinski definition) is 2. The highest BCUT2D eigenvalue weighted by Crippen LogP contribution is 2.22. The first kappa shape index (κ1) is 13.5. The molecule has 0 radical (unpaired) electrons. The fourth-order valence-electron chi connectivity index (χ4n) is 1.70. The summed E-state index contributed by atoms with van der Waals surface area (Å²) in [7, 11) is -3.32. The molecular weight excluding hydrogens is 262 g/mol. The zero-order valence-corrected chi connectivity index (χ0v) is 11.3. The van der Waals surface area contributed by atoms with Crippen molar-refractivity contribution in [3.63, 3.8) is 0 Å². The van der Waals surface area contributed by atoms with Crippen LogP contribution < -0.4 is 11.1 Å². The van der Waals surface area contributed by atoms with Gasteiger partial charge in [0.2, 0.25) is 0 Å². The maximum atomic E-state index is 11.7. The molecule has 1 heterocycles. The molecule has 2 rings (SSSR count). The van der Waals surface area contributed by atoms with Crippen LogP contribution in [0.5, 0.6) is 0 Å². The highest BCUT2D eigenvalue weighted by atomic mass is 32.2. The lowest BCUT2D eigenvalue weighted by molar-refractivity contribution is 0.602. The minimum Gasteiger partial charge on any atom is -0.339 e. The molecule has 1 aromatic heterocycles. The number of rotatable bonds is 4. The molecule has 0 saturated carbocycles. The smallest absolute Gasteiger partial charge is 0.179 e. The molecule has 0 saturated heterocycles. The molecule has 2 aromatic rings. The summed E-state index contributed by atoms with van der Waals surface area (Å²) in [5.74, 6) is 0.319. The Morgan fingerprint density at radius 2 is 2.05 bits per heavy atom. The molecule has 0 unspecified atom stereocenters. The first-order valence-electron chi connectivity index (χ1n) is 5.72. The molecule has 1 aromatic carbocycles. The summed E-state index contributed by atoms with van der Waals surface area (Å²) in [6.45, 7) is 0.427. The van der Waals surface area contributed by atoms with Crippen LogP contribution in [0.3, 0.4) is 0 Å². The van der Waals surface area contributed by atoms with E-state index in [9.17, 15) is 8.42 Å². The Morgan fingerprint density at radius 3 is 2.74 bits per heavy atom. The van der Waals surface area contributed by atoms with Crippen LogP contribution in [0.1, 0.15) is 5.56 Å². The van der Waals surface area contributed by atoms with E-state index in [2.05, 4.69) is 10.3 Å². The van der Waals surface area contributed by atoms with E-state index in [1.807, 2.05) is 24.3 Å². The van der Waals surface area contributed by atoms with Crippen molar-refractivity contribution >= 4 is 21.3 Å². The molecule has 0 amide bonds. The van der Waals surface area contributed by atoms with Crippen molar-refractivity contribution in [2.45, 2.75) is 11.4 Å². The van der Waals surface area contributed by atoms with E-state index >= 15 is 0 Å². The number of nitrogens with zero attached hydrogens (tertiary/aromatic N) is 1. The molecule has 0 aliphatic heterocycles. The summed E-state index contributed by atoms with van der Waals surface area (Å²) in [4.78, 5) is 4.25. The average molecular weight is 277 g/mol. The van der Waals surface area contributed by atoms with Gasteiger partial charge >= 0.3 is 0 Å². The quantitative estimate of drug-likeness (QED) is 0.888. The zero-order chi connectivity index (χ0) is 13.9. The van der Waals surface area contributed by atoms with Crippen LogP contribution in [0.2, 0.25) is 0 Å². The third-order valence-electron chi connectivity index (χ3n) is 2.60. The molecular formula is C13H15N3O2S. The van der Waals surface area contributed by atoms with Crippen LogP contribution in [-0.4, -0.2) is 19.7 Å². The van der Waals surface area contributed by atoms with Crippen molar-refractivity contribution in [3.8, 4) is 0 Å². The van der Waals surface area contributed by atoms with Crippen LogP contribution in [0, 0.1) is 0 Å². The van der Waals surface area contributed by atoms with Crippen molar-refractivity contribution in [3.05, 3.63) is 48.2 Å². The summed E-state index contributed by atoms with van der Waals surface area (Å²) >= 11 is 0. The molecule has 0 atom stereocenters. The molecule has 0 aliphatic carbocycles. The summed E-state index contributed by atoms with van der Waals surface area (Å²) in [6.07, 6.45) is 2.70. The monoisotopic (exact) mass is 277 g/mol. The number of benzene rings is 1. The Kier molecular flexibility index (Phi) is 3.82. The van der Waals surface area contributed by atoms with Gasteiger partial charge in [0.25, 0.3) is 0 Å². The van der Waals surface area contributed by atoms with Crippen LogP contribution in [0.15, 0.2) is 47.5 Å². The van der Waals surface area contributed by atoms with Crippen molar-refractivity contribution < 1.29 is 8.42 Å². The molecule has 5 nitrogen and oxygen atoms in total. The van der Waals surface area contributed by atoms with Gasteiger partial charge in [-0.3, -0.25) is 0 Å². The third-order valence-corrected chi connectivity index (χ3v) is 3.72. The topological polar surface area (TPSA) is 85.1 Å². The lowest BCUT2D eigenvalue weighted by atomic mass is 10.2. The first-order valence-corrected chi connectivity index (χ1v) is 7.61. The maximum Gasteiger partial charge on any atom is 0.179 e. The molecule has 0 bridgehead atoms. The highest BCUT2D eigenvalue weighted by molar-refractivity contribution is 7.90. The number of nitrogens with one attached hydrogen (secondary N) is 1. The Hall–Kier alpha value is -1.92. The van der Waals surface area contributed by atoms with Gasteiger partial charge in [-0.2, -0.15) is 0 Å². The molecule has 6 heteroatoms. The number of nitrogens with two attached hydrogens (primary N) is 1. The lowest BCUT2D eigenvalue weighted by Crippen LogP contribution is -2.05. The summed E-state index contributed by atoms with van der Waals surface area (Å²) < 4.78 is 23.3. The molecule has 0 spiro atoms. The fraction of sp³-hybridized carbons (Fsp3) is 0.154. The van der Waals surface area contributed by atoms with Gasteiger partial charge in [0.1, 0.15) is 10.7 Å². The molecule has 0 fully saturated rings. The summed E-state index contributed by atoms with van der Waals surface area (Å²) in [5.41, 5.74) is 7.29. The van der Waals surface area contributed by atoms with Crippen LogP contribution >= 0.6 is 0 Å². The number of hydrogen-bond acceptors (Lipinski definition) is 5. The molecule has 100 valence electrons. The Labute approximate surface area is 112 Å². The van der Waals surface area contributed by atoms with Gasteiger partial charge in [0, 0.05) is 24.7 Å². The average Bonchev–Trinajstić information content (AvgIpc) is 2.38. The van der Waals surface area contributed by atoms with Gasteiger partial charge in [-0.05, 0) is 29.8 Å². The predicted octanol–water partition coefficient (Wildman–Crippen LogP) is 1.69. The van der Waals surface area contributed by atoms with E-state index in [-0.39, 0.29) is 4.90 Å². The normalized spacial score (nSPS) is 11.3. The van der Waals surface area contributed by atoms with Crippen LogP contribution in [0.25, 0.3) is 0 Å². The Morgan fingerprint density at radius 1 is 1.26 bits per heavy atom. The van der Waals surface area contributed by atoms with Gasteiger partial charge in [-0.1, -0.05) is 12.1 Å². The maximum absolute atomic E-state index is 11.7. The van der Waals surface area contributed by atoms with Gasteiger partial charge in [-0.15, -0.1) is 0 Å². The van der Waals surface area contributed by atoms with Gasteiger partial charge in [0.05, 0.1) is 0 Å². The van der Waals surface area contributed by atoms with Crippen LogP contribution in [-0.2, 0) is 16.4 Å². The minimum absolute atomic E-state index is 0.174. The Balaban J connectivity index is 2.38. The largest absolute Gasteiger partial charge is 0.339 e. The van der Waals surface area contributed by atoms with E-state index < -0.39 is 9.84 Å². The van der Waals surface area contributed by atoms with E-state index in [1.54, 1.807) is 12.3 Å². The van der Waals surface area contributed by atoms with E-state index in [4.69, 9.17) is 5.73 Å². The van der Waals surface area contributed by atoms with E-state index in [0.717, 1.165) is 17.5 Å². The second kappa shape index (κ2) is 5.38. The fourth-order valence-corrected chi connectivity index (χ4v) is 2.48. The number of anilines is 2. The third kappa shape index (κ3) is 3.30. The van der Waals surface area contributed by atoms with Gasteiger partial charge < -0.3 is 11.1 Å². The summed E-state index contributed by atoms with van der Waals surface area (Å²) in [5, 5.41) is 3.01. The second-order valence-corrected chi connectivity index (χ2v) is 6.14. The minimum atomic E-state index is -3.32. The van der Waals surface area contributed by atoms with E-state index in [1.165, 1.54) is 6.07 Å². The molecule has 3 N–H and O–H groups in total. The standard InChI is InChI=1S/C13H15N3O2S/c1-19(17,18)12-6-3-7-15-13(12)16-11-5-2-4-10(8-11)9-14/h2-8H,9,14H2,1H3,(H,15,16). The summed E-state index contributed by atoms with van der Waals surface area (Å²) in [6, 6.07) is 10.6. The molecule has 0 aliphatic rings. The van der Waals surface area contributed by atoms with Crippen molar-refractivity contribution in [1.29, 1.82) is 0 Å². The highest BCUT2D eigenvalue weighted by Gasteiger charge is 2.13. The molecule has 19 heavy (non-hydrogen) atoms. The predicted molar refractivity (Wildman–Crippen MR) is 75.0 cm³/mol. The second-order valence-electron chi connectivity index (χ2n) is 4.15. The number of pyridine rings is 1. The Bertz CT molecular complexity index is 684. The van der Waals surface area contributed by atoms with Crippen molar-refractivity contribution in [1.82, 2.24) is 4.98 Å². The van der Waals surface area contributed by atoms with Crippen molar-refractivity contribution in [2.75, 3.05) is 11.6 Å². The lowest BCUT2D eigenvalue weighted by Gasteiger charge is -2.10. The van der Waals surface area contributed by atoms with Gasteiger partial charge in [0.15, 0.2) is 9.84 Å². The van der Waals surface area contributed by atoms with Crippen molar-refractivity contribution in [2.24, 2.45) is 5.73 Å². The first-order chi connectivity index (χ1) is 9.00. The van der Waals surface area contributed by atoms with Gasteiger partial charge in [-0.25, -0.2) is 13.4 Å². The zero-order valence-electron chi connectivity index (χ0n) is 10.5. The number of sulfone groups is 1.